The molecule has 2 nitrogen and oxygen atoms in total. The molecule has 0 aromatic carbocycles. The Morgan fingerprint density at radius 3 is 2.31 bits per heavy atom. The van der Waals surface area contributed by atoms with Crippen LogP contribution in [0, 0.1) is 0 Å². The highest BCUT2D eigenvalue weighted by molar-refractivity contribution is 8.21. The Morgan fingerprint density at radius 2 is 1.85 bits per heavy atom. The zero-order valence-electron chi connectivity index (χ0n) is 18.1. The van der Waals surface area contributed by atoms with Crippen LogP contribution < -0.4 is 0 Å². The molecule has 2 aliphatic heterocycles. The van der Waals surface area contributed by atoms with Crippen molar-refractivity contribution in [1.82, 2.24) is 4.90 Å². The van der Waals surface area contributed by atoms with Gasteiger partial charge in [-0.1, -0.05) is 53.3 Å². The van der Waals surface area contributed by atoms with E-state index in [0.29, 0.717) is 6.04 Å². The van der Waals surface area contributed by atoms with Crippen molar-refractivity contribution in [3.63, 3.8) is 0 Å². The molecule has 1 fully saturated rings. The third-order valence-corrected chi connectivity index (χ3v) is 7.89. The van der Waals surface area contributed by atoms with Crippen LogP contribution in [0.2, 0.25) is 0 Å². The van der Waals surface area contributed by atoms with E-state index in [1.165, 1.54) is 22.8 Å². The summed E-state index contributed by atoms with van der Waals surface area (Å²) in [6, 6.07) is 0.329. The molecule has 0 aliphatic carbocycles. The standard InChI is InChI=1S/C18H27NOS2.2C2H6/c1-6-16-17(7-2)19(4)14(3)8-9-15(20-5)10-11-18(16)21-12-13-22-18;2*1-2/h6,8-10,14H,1,7,11-13H2,2-5H3;2*1-2H3/b9-8-,15-10+,17-16-;;. The fraction of sp³-hybridized carbons (Fsp3) is 0.636. The maximum absolute atomic E-state index is 5.53. The van der Waals surface area contributed by atoms with Crippen molar-refractivity contribution >= 4 is 23.5 Å². The quantitative estimate of drug-likeness (QED) is 0.514. The molecule has 0 aromatic heterocycles. The van der Waals surface area contributed by atoms with Gasteiger partial charge in [0, 0.05) is 30.3 Å². The first-order chi connectivity index (χ1) is 12.6. The Labute approximate surface area is 171 Å². The van der Waals surface area contributed by atoms with Crippen molar-refractivity contribution in [3.8, 4) is 0 Å². The lowest BCUT2D eigenvalue weighted by Crippen LogP contribution is -2.32. The summed E-state index contributed by atoms with van der Waals surface area (Å²) >= 11 is 4.11. The topological polar surface area (TPSA) is 12.5 Å². The number of rotatable bonds is 3. The van der Waals surface area contributed by atoms with Gasteiger partial charge in [-0.05, 0) is 37.5 Å². The van der Waals surface area contributed by atoms with Gasteiger partial charge in [-0.25, -0.2) is 0 Å². The molecular formula is C22H39NOS2. The van der Waals surface area contributed by atoms with Crippen LogP contribution in [0.4, 0.5) is 0 Å². The number of ether oxygens (including phenoxy) is 1. The van der Waals surface area contributed by atoms with E-state index in [1.807, 2.05) is 27.7 Å². The average molecular weight is 398 g/mol. The molecule has 0 bridgehead atoms. The molecule has 0 aromatic rings. The van der Waals surface area contributed by atoms with E-state index in [-0.39, 0.29) is 4.08 Å². The number of methoxy groups -OCH3 is 1. The Morgan fingerprint density at radius 1 is 1.27 bits per heavy atom. The lowest BCUT2D eigenvalue weighted by Gasteiger charge is -2.36. The Balaban J connectivity index is 0.00000146. The summed E-state index contributed by atoms with van der Waals surface area (Å²) in [4.78, 5) is 2.38. The van der Waals surface area contributed by atoms with Crippen molar-refractivity contribution in [2.45, 2.75) is 64.5 Å². The van der Waals surface area contributed by atoms with Gasteiger partial charge in [0.25, 0.3) is 0 Å². The summed E-state index contributed by atoms with van der Waals surface area (Å²) < 4.78 is 5.61. The van der Waals surface area contributed by atoms with Crippen LogP contribution in [0.1, 0.15) is 54.4 Å². The first kappa shape index (κ1) is 25.3. The Hall–Kier alpha value is -0.740. The number of likely N-dealkylation sites (N-methyl/N-ethyl adjacent to an activating group) is 1. The zero-order chi connectivity index (χ0) is 20.2. The predicted octanol–water partition coefficient (Wildman–Crippen LogP) is 6.88. The highest BCUT2D eigenvalue weighted by Gasteiger charge is 2.39. The van der Waals surface area contributed by atoms with Gasteiger partial charge in [-0.2, -0.15) is 0 Å². The second kappa shape index (κ2) is 13.4. The molecule has 2 heterocycles. The van der Waals surface area contributed by atoms with Crippen molar-refractivity contribution in [1.29, 1.82) is 0 Å². The summed E-state index contributed by atoms with van der Waals surface area (Å²) in [6.07, 6.45) is 10.6. The third-order valence-electron chi connectivity index (χ3n) is 4.40. The predicted molar refractivity (Wildman–Crippen MR) is 124 cm³/mol. The minimum atomic E-state index is 0.0794. The van der Waals surface area contributed by atoms with Gasteiger partial charge < -0.3 is 9.64 Å². The highest BCUT2D eigenvalue weighted by atomic mass is 32.2. The van der Waals surface area contributed by atoms with E-state index in [1.54, 1.807) is 7.11 Å². The molecule has 2 rings (SSSR count). The summed E-state index contributed by atoms with van der Waals surface area (Å²) in [5.41, 5.74) is 2.79. The van der Waals surface area contributed by atoms with E-state index in [9.17, 15) is 0 Å². The fourth-order valence-corrected chi connectivity index (χ4v) is 6.30. The van der Waals surface area contributed by atoms with Crippen LogP contribution in [-0.4, -0.2) is 40.7 Å². The molecule has 150 valence electrons. The number of thioether (sulfide) groups is 2. The summed E-state index contributed by atoms with van der Waals surface area (Å²) in [5, 5.41) is 0. The van der Waals surface area contributed by atoms with E-state index in [0.717, 1.165) is 18.6 Å². The van der Waals surface area contributed by atoms with Crippen molar-refractivity contribution in [3.05, 3.63) is 47.9 Å². The summed E-state index contributed by atoms with van der Waals surface area (Å²) in [7, 11) is 3.94. The monoisotopic (exact) mass is 397 g/mol. The van der Waals surface area contributed by atoms with E-state index >= 15 is 0 Å². The second-order valence-electron chi connectivity index (χ2n) is 5.59. The molecule has 0 saturated carbocycles. The largest absolute Gasteiger partial charge is 0.497 e. The number of hydrogen-bond acceptors (Lipinski definition) is 4. The summed E-state index contributed by atoms with van der Waals surface area (Å²) in [6.45, 7) is 16.6. The van der Waals surface area contributed by atoms with E-state index in [4.69, 9.17) is 4.74 Å². The third kappa shape index (κ3) is 6.16. The molecule has 1 saturated heterocycles. The van der Waals surface area contributed by atoms with Crippen LogP contribution in [0.15, 0.2) is 47.9 Å². The average Bonchev–Trinajstić information content (AvgIpc) is 3.17. The number of hydrogen-bond donors (Lipinski definition) is 0. The minimum Gasteiger partial charge on any atom is -0.497 e. The molecule has 0 amide bonds. The van der Waals surface area contributed by atoms with Crippen LogP contribution in [0.3, 0.4) is 0 Å². The normalized spacial score (nSPS) is 27.9. The van der Waals surface area contributed by atoms with Gasteiger partial charge in [-0.15, -0.1) is 23.5 Å². The molecule has 4 heteroatoms. The van der Waals surface area contributed by atoms with Crippen molar-refractivity contribution in [2.75, 3.05) is 25.7 Å². The van der Waals surface area contributed by atoms with E-state index < -0.39 is 0 Å². The minimum absolute atomic E-state index is 0.0794. The molecule has 2 aliphatic rings. The smallest absolute Gasteiger partial charge is 0.114 e. The molecular weight excluding hydrogens is 358 g/mol. The second-order valence-corrected chi connectivity index (χ2v) is 8.64. The Bertz CT molecular complexity index is 502. The highest BCUT2D eigenvalue weighted by Crippen LogP contribution is 2.53. The molecule has 1 unspecified atom stereocenters. The number of nitrogens with zero attached hydrogens (tertiary/aromatic N) is 1. The first-order valence-electron chi connectivity index (χ1n) is 9.87. The van der Waals surface area contributed by atoms with Crippen LogP contribution in [0.25, 0.3) is 0 Å². The molecule has 1 atom stereocenters. The van der Waals surface area contributed by atoms with Crippen molar-refractivity contribution < 1.29 is 4.74 Å². The van der Waals surface area contributed by atoms with Gasteiger partial charge in [0.05, 0.1) is 11.2 Å². The lowest BCUT2D eigenvalue weighted by molar-refractivity contribution is 0.302. The van der Waals surface area contributed by atoms with Crippen LogP contribution in [-0.2, 0) is 4.74 Å². The molecule has 0 N–H and O–H groups in total. The Kier molecular flexibility index (Phi) is 13.0. The zero-order valence-corrected chi connectivity index (χ0v) is 19.7. The van der Waals surface area contributed by atoms with Gasteiger partial charge in [-0.3, -0.25) is 0 Å². The van der Waals surface area contributed by atoms with Gasteiger partial charge in [0.2, 0.25) is 0 Å². The molecule has 26 heavy (non-hydrogen) atoms. The summed E-state index contributed by atoms with van der Waals surface area (Å²) in [5.74, 6) is 3.35. The van der Waals surface area contributed by atoms with Crippen LogP contribution >= 0.6 is 23.5 Å². The van der Waals surface area contributed by atoms with E-state index in [2.05, 4.69) is 80.2 Å². The van der Waals surface area contributed by atoms with Crippen molar-refractivity contribution in [2.24, 2.45) is 0 Å². The van der Waals surface area contributed by atoms with Gasteiger partial charge in [0.1, 0.15) is 5.76 Å². The SMILES string of the molecule is C=C/C1=C(\CC)N(C)C(C)/C=C\C(OC)=C/CC12SCCS2.CC.CC. The maximum Gasteiger partial charge on any atom is 0.114 e. The van der Waals surface area contributed by atoms with Crippen LogP contribution in [0.5, 0.6) is 0 Å². The fourth-order valence-electron chi connectivity index (χ4n) is 3.02. The maximum atomic E-state index is 5.53. The molecule has 0 radical (unpaired) electrons. The number of allylic oxidation sites excluding steroid dienone is 4. The molecule has 1 spiro atoms. The first-order valence-corrected chi connectivity index (χ1v) is 11.8. The van der Waals surface area contributed by atoms with Gasteiger partial charge in [0.15, 0.2) is 0 Å². The lowest BCUT2D eigenvalue weighted by atomic mass is 10.0. The van der Waals surface area contributed by atoms with Gasteiger partial charge >= 0.3 is 0 Å².